The molecule has 1 aliphatic heterocycles. The number of hydroxylamine groups is 2. The lowest BCUT2D eigenvalue weighted by atomic mass is 10.1. The largest absolute Gasteiger partial charge is 0.618 e. The summed E-state index contributed by atoms with van der Waals surface area (Å²) in [4.78, 5) is 0. The van der Waals surface area contributed by atoms with Crippen LogP contribution in [0.15, 0.2) is 24.3 Å². The maximum atomic E-state index is 12.8. The second kappa shape index (κ2) is 3.55. The van der Waals surface area contributed by atoms with Crippen LogP contribution in [0.2, 0.25) is 0 Å². The summed E-state index contributed by atoms with van der Waals surface area (Å²) in [6, 6.07) is 5.66. The van der Waals surface area contributed by atoms with Gasteiger partial charge in [-0.2, -0.15) is 0 Å². The number of benzene rings is 1. The number of nitrogens with zero attached hydrogens (tertiary/aromatic N) is 2. The van der Waals surface area contributed by atoms with Gasteiger partial charge in [0.1, 0.15) is 5.82 Å². The van der Waals surface area contributed by atoms with Gasteiger partial charge in [0.25, 0.3) is 5.71 Å². The van der Waals surface area contributed by atoms with Crippen molar-refractivity contribution in [3.05, 3.63) is 40.9 Å². The Balaban J connectivity index is 2.60. The Kier molecular flexibility index (Phi) is 2.41. The van der Waals surface area contributed by atoms with E-state index in [-0.39, 0.29) is 5.82 Å². The average molecular weight is 237 g/mol. The first-order valence-corrected chi connectivity index (χ1v) is 5.29. The molecule has 17 heavy (non-hydrogen) atoms. The van der Waals surface area contributed by atoms with Gasteiger partial charge >= 0.3 is 11.4 Å². The van der Waals surface area contributed by atoms with Crippen molar-refractivity contribution in [3.63, 3.8) is 0 Å². The van der Waals surface area contributed by atoms with Gasteiger partial charge in [0.05, 0.1) is 24.1 Å². The molecule has 1 heterocycles. The molecule has 0 aliphatic carbocycles. The maximum absolute atomic E-state index is 12.8. The summed E-state index contributed by atoms with van der Waals surface area (Å²) < 4.78 is 14.5. The zero-order valence-corrected chi connectivity index (χ0v) is 9.94. The van der Waals surface area contributed by atoms with E-state index in [2.05, 4.69) is 0 Å². The average Bonchev–Trinajstić information content (AvgIpc) is 2.43. The van der Waals surface area contributed by atoms with Gasteiger partial charge in [-0.3, -0.25) is 5.21 Å². The third kappa shape index (κ3) is 1.58. The molecule has 0 atom stereocenters. The van der Waals surface area contributed by atoms with Crippen molar-refractivity contribution in [1.82, 2.24) is 0 Å². The van der Waals surface area contributed by atoms with Crippen LogP contribution in [0, 0.1) is 11.0 Å². The van der Waals surface area contributed by atoms with Gasteiger partial charge in [-0.25, -0.2) is 4.39 Å². The van der Waals surface area contributed by atoms with Crippen LogP contribution in [0.5, 0.6) is 0 Å². The minimum Gasteiger partial charge on any atom is -0.618 e. The van der Waals surface area contributed by atoms with Crippen LogP contribution in [0.3, 0.4) is 0 Å². The second-order valence-electron chi connectivity index (χ2n) is 4.54. The Morgan fingerprint density at radius 3 is 2.18 bits per heavy atom. The van der Waals surface area contributed by atoms with Gasteiger partial charge in [0.15, 0.2) is 0 Å². The summed E-state index contributed by atoms with van der Waals surface area (Å²) in [5.41, 5.74) is 0.375. The molecule has 1 aliphatic rings. The Morgan fingerprint density at radius 2 is 1.76 bits per heavy atom. The fraction of sp³-hybridized carbons (Fsp3) is 0.333. The van der Waals surface area contributed by atoms with E-state index in [0.717, 1.165) is 9.48 Å². The fourth-order valence-corrected chi connectivity index (χ4v) is 1.96. The van der Waals surface area contributed by atoms with Crippen molar-refractivity contribution in [3.8, 4) is 0 Å². The van der Waals surface area contributed by atoms with Gasteiger partial charge in [-0.1, -0.05) is 0 Å². The molecular formula is C12H14FN2O2+. The van der Waals surface area contributed by atoms with Crippen LogP contribution in [0.25, 0.3) is 0 Å². The molecule has 1 N–H and O–H groups in total. The Labute approximate surface area is 98.5 Å². The van der Waals surface area contributed by atoms with Crippen molar-refractivity contribution >= 4 is 11.4 Å². The van der Waals surface area contributed by atoms with E-state index in [0.29, 0.717) is 17.0 Å². The Bertz CT molecular complexity index is 530. The lowest BCUT2D eigenvalue weighted by Crippen LogP contribution is -2.40. The molecule has 0 unspecified atom stereocenters. The summed E-state index contributed by atoms with van der Waals surface area (Å²) in [6.07, 6.45) is 0. The zero-order valence-electron chi connectivity index (χ0n) is 9.94. The molecule has 0 amide bonds. The molecule has 4 nitrogen and oxygen atoms in total. The Hall–Kier alpha value is -1.91. The second-order valence-corrected chi connectivity index (χ2v) is 4.54. The van der Waals surface area contributed by atoms with Crippen molar-refractivity contribution in [2.24, 2.45) is 0 Å². The summed E-state index contributed by atoms with van der Waals surface area (Å²) in [6.45, 7) is 4.85. The SMILES string of the molecule is CC1=[N+]([O-])C(C)(C)[N+](O)=C1c1ccc(F)cc1. The molecule has 2 rings (SSSR count). The number of hydrogen-bond acceptors (Lipinski definition) is 2. The Morgan fingerprint density at radius 1 is 1.24 bits per heavy atom. The van der Waals surface area contributed by atoms with E-state index in [1.54, 1.807) is 20.8 Å². The van der Waals surface area contributed by atoms with Crippen molar-refractivity contribution < 1.29 is 19.1 Å². The van der Waals surface area contributed by atoms with E-state index in [1.807, 2.05) is 0 Å². The molecule has 5 heteroatoms. The van der Waals surface area contributed by atoms with E-state index < -0.39 is 5.66 Å². The fourth-order valence-electron chi connectivity index (χ4n) is 1.96. The predicted octanol–water partition coefficient (Wildman–Crippen LogP) is 1.74. The first-order chi connectivity index (χ1) is 7.85. The topological polar surface area (TPSA) is 49.3 Å². The van der Waals surface area contributed by atoms with E-state index >= 15 is 0 Å². The first-order valence-electron chi connectivity index (χ1n) is 5.29. The minimum absolute atomic E-state index is 0.354. The highest BCUT2D eigenvalue weighted by atomic mass is 19.1. The van der Waals surface area contributed by atoms with E-state index in [9.17, 15) is 14.8 Å². The summed E-state index contributed by atoms with van der Waals surface area (Å²) in [5, 5.41) is 21.9. The quantitative estimate of drug-likeness (QED) is 0.459. The monoisotopic (exact) mass is 237 g/mol. The smallest absolute Gasteiger partial charge is 0.401 e. The number of hydrogen-bond donors (Lipinski definition) is 1. The summed E-state index contributed by atoms with van der Waals surface area (Å²) in [5.74, 6) is -0.354. The van der Waals surface area contributed by atoms with Gasteiger partial charge in [-0.05, 0) is 24.3 Å². The molecule has 0 aromatic heterocycles. The standard InChI is InChI=1S/C12H14FN2O2/c1-8-11(9-4-6-10(13)7-5-9)15(17)12(2,3)14(8)16/h4-7,17H,1-3H3/q+1. The maximum Gasteiger partial charge on any atom is 0.401 e. The zero-order chi connectivity index (χ0) is 12.8. The van der Waals surface area contributed by atoms with Crippen LogP contribution in [0.4, 0.5) is 4.39 Å². The number of halogens is 1. The van der Waals surface area contributed by atoms with Crippen molar-refractivity contribution in [1.29, 1.82) is 0 Å². The molecule has 90 valence electrons. The van der Waals surface area contributed by atoms with Crippen LogP contribution >= 0.6 is 0 Å². The minimum atomic E-state index is -1.05. The molecule has 0 saturated heterocycles. The first kappa shape index (κ1) is 11.6. The van der Waals surface area contributed by atoms with Gasteiger partial charge < -0.3 is 5.21 Å². The summed E-state index contributed by atoms with van der Waals surface area (Å²) in [7, 11) is 0. The lowest BCUT2D eigenvalue weighted by molar-refractivity contribution is -0.915. The normalized spacial score (nSPS) is 19.1. The van der Waals surface area contributed by atoms with Crippen LogP contribution in [-0.2, 0) is 0 Å². The van der Waals surface area contributed by atoms with E-state index in [1.165, 1.54) is 24.3 Å². The molecule has 1 aromatic carbocycles. The molecule has 0 saturated carbocycles. The van der Waals surface area contributed by atoms with Crippen molar-refractivity contribution in [2.75, 3.05) is 0 Å². The highest BCUT2D eigenvalue weighted by Gasteiger charge is 2.53. The van der Waals surface area contributed by atoms with Gasteiger partial charge in [-0.15, -0.1) is 4.74 Å². The molecule has 0 fully saturated rings. The number of rotatable bonds is 1. The van der Waals surface area contributed by atoms with Crippen LogP contribution in [0.1, 0.15) is 26.3 Å². The highest BCUT2D eigenvalue weighted by Crippen LogP contribution is 2.19. The molecule has 0 radical (unpaired) electrons. The lowest BCUT2D eigenvalue weighted by Gasteiger charge is -2.11. The predicted molar refractivity (Wildman–Crippen MR) is 60.9 cm³/mol. The third-order valence-electron chi connectivity index (χ3n) is 2.99. The van der Waals surface area contributed by atoms with Crippen LogP contribution in [-0.4, -0.2) is 31.8 Å². The van der Waals surface area contributed by atoms with Gasteiger partial charge in [0, 0.05) is 6.92 Å². The molecule has 1 aromatic rings. The van der Waals surface area contributed by atoms with Gasteiger partial charge in [0.2, 0.25) is 0 Å². The van der Waals surface area contributed by atoms with E-state index in [4.69, 9.17) is 0 Å². The van der Waals surface area contributed by atoms with Crippen LogP contribution < -0.4 is 0 Å². The molecule has 0 spiro atoms. The highest BCUT2D eigenvalue weighted by molar-refractivity contribution is 6.44. The third-order valence-corrected chi connectivity index (χ3v) is 2.99. The molecule has 0 bridgehead atoms. The molecular weight excluding hydrogens is 223 g/mol. The summed E-state index contributed by atoms with van der Waals surface area (Å²) >= 11 is 0. The van der Waals surface area contributed by atoms with Crippen molar-refractivity contribution in [2.45, 2.75) is 26.4 Å².